The van der Waals surface area contributed by atoms with Crippen LogP contribution in [0, 0.1) is 0 Å². The molecule has 5 nitrogen and oxygen atoms in total. The molecule has 2 N–H and O–H groups in total. The van der Waals surface area contributed by atoms with Crippen LogP contribution in [0.15, 0.2) is 41.4 Å². The Kier molecular flexibility index (Phi) is 8.32. The predicted octanol–water partition coefficient (Wildman–Crippen LogP) is 4.61. The minimum Gasteiger partial charge on any atom is -0.429 e. The summed E-state index contributed by atoms with van der Waals surface area (Å²) >= 11 is 5.96. The van der Waals surface area contributed by atoms with Gasteiger partial charge < -0.3 is 15.3 Å². The van der Waals surface area contributed by atoms with Crippen LogP contribution in [0.2, 0.25) is 5.02 Å². The summed E-state index contributed by atoms with van der Waals surface area (Å²) in [6.45, 7) is 10.8. The van der Waals surface area contributed by atoms with E-state index in [1.165, 1.54) is 0 Å². The Bertz CT molecular complexity index is 957. The molecule has 0 amide bonds. The fourth-order valence-electron chi connectivity index (χ4n) is 2.53. The topological polar surface area (TPSA) is 67.9 Å². The molecule has 31 heavy (non-hydrogen) atoms. The zero-order chi connectivity index (χ0) is 23.4. The number of halogens is 1. The van der Waals surface area contributed by atoms with Crippen LogP contribution in [0.25, 0.3) is 0 Å². The minimum absolute atomic E-state index is 0.150. The Hall–Kier alpha value is -1.88. The molecular formula is C23H31BClN3O2P. The van der Waals surface area contributed by atoms with Gasteiger partial charge in [0.15, 0.2) is 6.29 Å². The van der Waals surface area contributed by atoms with Crippen molar-refractivity contribution < 1.29 is 9.45 Å². The third-order valence-corrected chi connectivity index (χ3v) is 6.51. The van der Waals surface area contributed by atoms with E-state index < -0.39 is 5.60 Å². The first-order valence-corrected chi connectivity index (χ1v) is 11.0. The molecule has 0 spiro atoms. The van der Waals surface area contributed by atoms with Gasteiger partial charge in [0, 0.05) is 35.0 Å². The van der Waals surface area contributed by atoms with Crippen LogP contribution in [0.3, 0.4) is 0 Å². The van der Waals surface area contributed by atoms with Crippen LogP contribution in [-0.2, 0) is 11.2 Å². The van der Waals surface area contributed by atoms with Gasteiger partial charge >= 0.3 is 7.48 Å². The first kappa shape index (κ1) is 25.4. The number of nitrogens with zero attached hydrogens (tertiary/aromatic N) is 2. The fraction of sp³-hybridized carbons (Fsp3) is 0.391. The lowest BCUT2D eigenvalue weighted by Gasteiger charge is -2.39. The highest BCUT2D eigenvalue weighted by Crippen LogP contribution is 2.33. The number of rotatable bonds is 8. The molecule has 0 heterocycles. The van der Waals surface area contributed by atoms with E-state index in [0.29, 0.717) is 34.0 Å². The number of carbonyl (C=O) groups excluding carboxylic acids is 1. The van der Waals surface area contributed by atoms with Gasteiger partial charge in [-0.1, -0.05) is 37.6 Å². The quantitative estimate of drug-likeness (QED) is 0.157. The van der Waals surface area contributed by atoms with Gasteiger partial charge in [-0.3, -0.25) is 4.79 Å². The summed E-state index contributed by atoms with van der Waals surface area (Å²) < 4.78 is 6.05. The SMILES string of the molecule is CC(=Nc1cc([B]OC(C)(C)C(C)(C)P)c(N)cc1C=O)N(C)Cc1ccc(Cl)cc1. The molecule has 0 aliphatic rings. The van der Waals surface area contributed by atoms with E-state index >= 15 is 0 Å². The van der Waals surface area contributed by atoms with Crippen molar-refractivity contribution in [3.05, 3.63) is 52.5 Å². The number of nitrogen functional groups attached to an aromatic ring is 1. The molecule has 2 aromatic rings. The lowest BCUT2D eigenvalue weighted by atomic mass is 9.82. The van der Waals surface area contributed by atoms with Crippen molar-refractivity contribution in [3.8, 4) is 0 Å². The smallest absolute Gasteiger partial charge is 0.332 e. The molecular weight excluding hydrogens is 428 g/mol. The summed E-state index contributed by atoms with van der Waals surface area (Å²) in [4.78, 5) is 18.3. The van der Waals surface area contributed by atoms with Gasteiger partial charge in [-0.2, -0.15) is 0 Å². The van der Waals surface area contributed by atoms with E-state index in [1.807, 2.05) is 57.0 Å². The monoisotopic (exact) mass is 458 g/mol. The second-order valence-electron chi connectivity index (χ2n) is 8.77. The fourth-order valence-corrected chi connectivity index (χ4v) is 2.73. The van der Waals surface area contributed by atoms with Crippen molar-refractivity contribution in [3.63, 3.8) is 0 Å². The highest BCUT2D eigenvalue weighted by molar-refractivity contribution is 7.19. The van der Waals surface area contributed by atoms with Gasteiger partial charge in [-0.25, -0.2) is 4.99 Å². The van der Waals surface area contributed by atoms with Crippen LogP contribution in [-0.4, -0.2) is 42.3 Å². The van der Waals surface area contributed by atoms with Crippen molar-refractivity contribution in [2.45, 2.75) is 51.9 Å². The zero-order valence-electron chi connectivity index (χ0n) is 19.1. The van der Waals surface area contributed by atoms with Gasteiger partial charge in [-0.15, -0.1) is 9.24 Å². The summed E-state index contributed by atoms with van der Waals surface area (Å²) in [5.41, 5.74) is 8.95. The number of hydrogen-bond acceptors (Lipinski definition) is 4. The molecule has 0 saturated carbocycles. The van der Waals surface area contributed by atoms with Crippen molar-refractivity contribution in [1.82, 2.24) is 4.90 Å². The van der Waals surface area contributed by atoms with Crippen LogP contribution in [0.5, 0.6) is 0 Å². The van der Waals surface area contributed by atoms with E-state index in [2.05, 4.69) is 28.1 Å². The van der Waals surface area contributed by atoms with Gasteiger partial charge in [0.1, 0.15) is 5.84 Å². The predicted molar refractivity (Wildman–Crippen MR) is 136 cm³/mol. The average Bonchev–Trinajstić information content (AvgIpc) is 2.68. The van der Waals surface area contributed by atoms with Crippen LogP contribution < -0.4 is 11.2 Å². The standard InChI is InChI=1S/C23H31BClN3O2P/c1-15(28(6)13-16-7-9-18(25)10-8-16)27-21-12-19(20(26)11-17(21)14-29)24-30-22(2,3)23(4,5)31/h7-12,14H,13,26,31H2,1-6H3. The maximum absolute atomic E-state index is 11.6. The third-order valence-electron chi connectivity index (χ3n) is 5.56. The Morgan fingerprint density at radius 1 is 1.26 bits per heavy atom. The first-order valence-electron chi connectivity index (χ1n) is 10.0. The lowest BCUT2D eigenvalue weighted by molar-refractivity contribution is 0.0841. The second kappa shape index (κ2) is 10.2. The molecule has 0 saturated heterocycles. The Morgan fingerprint density at radius 2 is 1.87 bits per heavy atom. The molecule has 165 valence electrons. The van der Waals surface area contributed by atoms with Gasteiger partial charge in [0.2, 0.25) is 0 Å². The molecule has 0 fully saturated rings. The van der Waals surface area contributed by atoms with Crippen LogP contribution >= 0.6 is 20.8 Å². The normalized spacial score (nSPS) is 12.6. The maximum atomic E-state index is 11.6. The summed E-state index contributed by atoms with van der Waals surface area (Å²) in [7, 11) is 6.39. The number of anilines is 1. The highest BCUT2D eigenvalue weighted by atomic mass is 35.5. The highest BCUT2D eigenvalue weighted by Gasteiger charge is 2.34. The number of carbonyl (C=O) groups is 1. The first-order chi connectivity index (χ1) is 14.3. The van der Waals surface area contributed by atoms with E-state index in [9.17, 15) is 4.79 Å². The zero-order valence-corrected chi connectivity index (χ0v) is 21.0. The molecule has 0 bridgehead atoms. The maximum Gasteiger partial charge on any atom is 0.332 e. The second-order valence-corrected chi connectivity index (χ2v) is 10.6. The molecule has 2 aromatic carbocycles. The summed E-state index contributed by atoms with van der Waals surface area (Å²) in [5.74, 6) is 0.765. The average molecular weight is 459 g/mol. The van der Waals surface area contributed by atoms with E-state index in [-0.39, 0.29) is 5.16 Å². The largest absolute Gasteiger partial charge is 0.429 e. The number of aldehydes is 1. The van der Waals surface area contributed by atoms with Crippen molar-refractivity contribution >= 4 is 57.3 Å². The van der Waals surface area contributed by atoms with Gasteiger partial charge in [0.25, 0.3) is 0 Å². The molecule has 1 atom stereocenters. The summed E-state index contributed by atoms with van der Waals surface area (Å²) in [6.07, 6.45) is 0.766. The summed E-state index contributed by atoms with van der Waals surface area (Å²) in [6, 6.07) is 11.1. The van der Waals surface area contributed by atoms with E-state index in [0.717, 1.165) is 17.7 Å². The summed E-state index contributed by atoms with van der Waals surface area (Å²) in [5, 5.41) is 0.552. The molecule has 2 rings (SSSR count). The Morgan fingerprint density at radius 3 is 2.42 bits per heavy atom. The van der Waals surface area contributed by atoms with Crippen LogP contribution in [0.4, 0.5) is 11.4 Å². The van der Waals surface area contributed by atoms with E-state index in [4.69, 9.17) is 22.0 Å². The van der Waals surface area contributed by atoms with E-state index in [1.54, 1.807) is 19.6 Å². The van der Waals surface area contributed by atoms with Crippen molar-refractivity contribution in [2.75, 3.05) is 12.8 Å². The minimum atomic E-state index is -0.439. The molecule has 8 heteroatoms. The van der Waals surface area contributed by atoms with Crippen molar-refractivity contribution in [2.24, 2.45) is 4.99 Å². The van der Waals surface area contributed by atoms with Crippen LogP contribution in [0.1, 0.15) is 50.5 Å². The lowest BCUT2D eigenvalue weighted by Crippen LogP contribution is -2.45. The van der Waals surface area contributed by atoms with Gasteiger partial charge in [-0.05, 0) is 56.1 Å². The third kappa shape index (κ3) is 6.80. The molecule has 0 aliphatic heterocycles. The van der Waals surface area contributed by atoms with Gasteiger partial charge in [0.05, 0.1) is 11.3 Å². The molecule has 0 aromatic heterocycles. The number of aliphatic imine (C=N–C) groups is 1. The van der Waals surface area contributed by atoms with Crippen molar-refractivity contribution in [1.29, 1.82) is 0 Å². The molecule has 0 aliphatic carbocycles. The Labute approximate surface area is 193 Å². The Balaban J connectivity index is 2.26. The number of nitrogens with two attached hydrogens (primary N) is 1. The number of benzene rings is 2. The number of amidine groups is 1. The molecule has 1 unspecified atom stereocenters. The molecule has 1 radical (unpaired) electrons. The number of hydrogen-bond donors (Lipinski definition) is 1.